The van der Waals surface area contributed by atoms with Crippen LogP contribution < -0.4 is 0 Å². The van der Waals surface area contributed by atoms with Crippen molar-refractivity contribution in [2.24, 2.45) is 11.8 Å². The second-order valence-corrected chi connectivity index (χ2v) is 4.44. The van der Waals surface area contributed by atoms with Crippen molar-refractivity contribution in [2.45, 2.75) is 68.2 Å². The van der Waals surface area contributed by atoms with Gasteiger partial charge in [0.2, 0.25) is 0 Å². The normalized spacial score (nSPS) is 16.2. The van der Waals surface area contributed by atoms with Gasteiger partial charge in [0.25, 0.3) is 0 Å². The Morgan fingerprint density at radius 2 is 1.06 bits per heavy atom. The van der Waals surface area contributed by atoms with Crippen LogP contribution in [0.5, 0.6) is 0 Å². The highest BCUT2D eigenvalue weighted by molar-refractivity contribution is 5.18. The second-order valence-electron chi connectivity index (χ2n) is 4.44. The van der Waals surface area contributed by atoms with Crippen LogP contribution in [0.4, 0.5) is 0 Å². The molecule has 0 saturated carbocycles. The van der Waals surface area contributed by atoms with E-state index in [0.29, 0.717) is 0 Å². The van der Waals surface area contributed by atoms with Gasteiger partial charge in [-0.2, -0.15) is 0 Å². The third-order valence-electron chi connectivity index (χ3n) is 3.39. The molecule has 0 spiro atoms. The summed E-state index contributed by atoms with van der Waals surface area (Å²) < 4.78 is 0. The molecule has 2 unspecified atom stereocenters. The Bertz CT molecular complexity index is 184. The molecule has 0 aliphatic heterocycles. The largest absolute Gasteiger partial charge is 0.0705 e. The van der Waals surface area contributed by atoms with Crippen molar-refractivity contribution < 1.29 is 0 Å². The lowest BCUT2D eigenvalue weighted by molar-refractivity contribution is 0.649. The van der Waals surface area contributed by atoms with Crippen LogP contribution in [0, 0.1) is 11.8 Å². The molecule has 0 bridgehead atoms. The lowest BCUT2D eigenvalue weighted by Gasteiger charge is -2.10. The Morgan fingerprint density at radius 1 is 0.812 bits per heavy atom. The average Bonchev–Trinajstić information content (AvgIpc) is 2.35. The fourth-order valence-corrected chi connectivity index (χ4v) is 1.24. The molecular formula is C16H32. The molecule has 0 N–H and O–H groups in total. The Morgan fingerprint density at radius 3 is 1.25 bits per heavy atom. The molecule has 0 saturated heterocycles. The summed E-state index contributed by atoms with van der Waals surface area (Å²) in [7, 11) is 0. The summed E-state index contributed by atoms with van der Waals surface area (Å²) in [5.74, 6) is 1.44. The predicted octanol–water partition coefficient (Wildman–Crippen LogP) is 6.00. The van der Waals surface area contributed by atoms with Crippen LogP contribution >= 0.6 is 0 Å². The van der Waals surface area contributed by atoms with Crippen molar-refractivity contribution >= 4 is 0 Å². The minimum absolute atomic E-state index is 0.719. The van der Waals surface area contributed by atoms with Gasteiger partial charge in [-0.1, -0.05) is 64.8 Å². The number of hydrogen-bond donors (Lipinski definition) is 0. The summed E-state index contributed by atoms with van der Waals surface area (Å²) in [6, 6.07) is 0. The van der Waals surface area contributed by atoms with Gasteiger partial charge in [-0.15, -0.1) is 0 Å². The molecule has 0 aliphatic carbocycles. The van der Waals surface area contributed by atoms with E-state index in [9.17, 15) is 0 Å². The molecule has 0 amide bonds. The van der Waals surface area contributed by atoms with Crippen molar-refractivity contribution in [3.05, 3.63) is 23.3 Å². The van der Waals surface area contributed by atoms with Gasteiger partial charge >= 0.3 is 0 Å². The van der Waals surface area contributed by atoms with Gasteiger partial charge < -0.3 is 0 Å². The first-order valence-corrected chi connectivity index (χ1v) is 6.87. The summed E-state index contributed by atoms with van der Waals surface area (Å²) in [6.45, 7) is 17.5. The summed E-state index contributed by atoms with van der Waals surface area (Å²) in [5.41, 5.74) is 2.99. The average molecular weight is 224 g/mol. The first-order valence-electron chi connectivity index (χ1n) is 6.87. The fraction of sp³-hybridized carbons (Fsp3) is 0.750. The smallest absolute Gasteiger partial charge is 0.0234 e. The Balaban J connectivity index is 0. The first-order chi connectivity index (χ1) is 7.52. The molecule has 0 aromatic carbocycles. The summed E-state index contributed by atoms with van der Waals surface area (Å²) >= 11 is 0. The minimum Gasteiger partial charge on any atom is -0.0705 e. The topological polar surface area (TPSA) is 0 Å². The van der Waals surface area contributed by atoms with E-state index in [1.54, 1.807) is 0 Å². The highest BCUT2D eigenvalue weighted by atomic mass is 14.1. The molecule has 0 aliphatic rings. The molecule has 0 heteroatoms. The van der Waals surface area contributed by atoms with E-state index in [0.717, 1.165) is 11.8 Å². The van der Waals surface area contributed by atoms with Crippen LogP contribution in [0.3, 0.4) is 0 Å². The van der Waals surface area contributed by atoms with Crippen molar-refractivity contribution in [3.8, 4) is 0 Å². The van der Waals surface area contributed by atoms with Gasteiger partial charge in [-0.05, 0) is 38.5 Å². The second kappa shape index (κ2) is 11.0. The molecule has 0 aromatic heterocycles. The van der Waals surface area contributed by atoms with E-state index in [1.807, 2.05) is 13.8 Å². The molecule has 16 heavy (non-hydrogen) atoms. The van der Waals surface area contributed by atoms with Crippen LogP contribution in [0.2, 0.25) is 0 Å². The Labute approximate surface area is 104 Å². The number of allylic oxidation sites excluding steroid dienone is 4. The Hall–Kier alpha value is -0.520. The molecule has 0 radical (unpaired) electrons. The van der Waals surface area contributed by atoms with Crippen molar-refractivity contribution in [1.29, 1.82) is 0 Å². The van der Waals surface area contributed by atoms with E-state index in [4.69, 9.17) is 0 Å². The molecule has 0 heterocycles. The van der Waals surface area contributed by atoms with Crippen LogP contribution in [-0.2, 0) is 0 Å². The molecule has 0 nitrogen and oxygen atoms in total. The van der Waals surface area contributed by atoms with E-state index in [1.165, 1.54) is 24.0 Å². The van der Waals surface area contributed by atoms with E-state index in [2.05, 4.69) is 53.7 Å². The standard InChI is InChI=1S/C14H26.C2H6/c1-7-11(3)13(5)9-10-14(6)12(4)8-2;1-2/h9-12H,7-8H2,1-6H3;1-2H3/b13-9+,14-10+;. The van der Waals surface area contributed by atoms with Gasteiger partial charge in [0.1, 0.15) is 0 Å². The summed E-state index contributed by atoms with van der Waals surface area (Å²) in [4.78, 5) is 0. The maximum atomic E-state index is 2.29. The molecule has 0 rings (SSSR count). The predicted molar refractivity (Wildman–Crippen MR) is 77.8 cm³/mol. The molecule has 2 atom stereocenters. The lowest BCUT2D eigenvalue weighted by atomic mass is 9.96. The zero-order valence-corrected chi connectivity index (χ0v) is 12.7. The highest BCUT2D eigenvalue weighted by Crippen LogP contribution is 2.16. The minimum atomic E-state index is 0.719. The van der Waals surface area contributed by atoms with Crippen LogP contribution in [0.25, 0.3) is 0 Å². The third kappa shape index (κ3) is 7.73. The Kier molecular flexibility index (Phi) is 12.3. The molecule has 96 valence electrons. The quantitative estimate of drug-likeness (QED) is 0.503. The maximum Gasteiger partial charge on any atom is -0.0234 e. The summed E-state index contributed by atoms with van der Waals surface area (Å²) in [6.07, 6.45) is 7.04. The first kappa shape index (κ1) is 17.9. The van der Waals surface area contributed by atoms with Gasteiger partial charge in [-0.3, -0.25) is 0 Å². The summed E-state index contributed by atoms with van der Waals surface area (Å²) in [5, 5.41) is 0. The van der Waals surface area contributed by atoms with Gasteiger partial charge in [0.05, 0.1) is 0 Å². The van der Waals surface area contributed by atoms with Crippen molar-refractivity contribution in [1.82, 2.24) is 0 Å². The molecular weight excluding hydrogens is 192 g/mol. The lowest BCUT2D eigenvalue weighted by Crippen LogP contribution is -1.95. The number of hydrogen-bond acceptors (Lipinski definition) is 0. The van der Waals surface area contributed by atoms with E-state index >= 15 is 0 Å². The van der Waals surface area contributed by atoms with Crippen LogP contribution in [-0.4, -0.2) is 0 Å². The van der Waals surface area contributed by atoms with Crippen LogP contribution in [0.15, 0.2) is 23.3 Å². The van der Waals surface area contributed by atoms with Crippen molar-refractivity contribution in [3.63, 3.8) is 0 Å². The van der Waals surface area contributed by atoms with E-state index in [-0.39, 0.29) is 0 Å². The molecule has 0 aromatic rings. The van der Waals surface area contributed by atoms with Gasteiger partial charge in [0.15, 0.2) is 0 Å². The monoisotopic (exact) mass is 224 g/mol. The zero-order valence-electron chi connectivity index (χ0n) is 12.7. The SMILES string of the molecule is CC.CCC(C)/C(C)=C/C=C(\C)C(C)CC. The van der Waals surface area contributed by atoms with Crippen molar-refractivity contribution in [2.75, 3.05) is 0 Å². The number of rotatable bonds is 5. The third-order valence-corrected chi connectivity index (χ3v) is 3.39. The maximum absolute atomic E-state index is 2.29. The van der Waals surface area contributed by atoms with Gasteiger partial charge in [0, 0.05) is 0 Å². The van der Waals surface area contributed by atoms with Crippen LogP contribution in [0.1, 0.15) is 68.2 Å². The molecule has 0 fully saturated rings. The highest BCUT2D eigenvalue weighted by Gasteiger charge is 2.01. The van der Waals surface area contributed by atoms with Gasteiger partial charge in [-0.25, -0.2) is 0 Å². The van der Waals surface area contributed by atoms with E-state index < -0.39 is 0 Å². The zero-order chi connectivity index (χ0) is 13.1. The fourth-order valence-electron chi connectivity index (χ4n) is 1.24.